The van der Waals surface area contributed by atoms with Crippen molar-refractivity contribution in [2.24, 2.45) is 0 Å². The first-order valence-electron chi connectivity index (χ1n) is 9.25. The summed E-state index contributed by atoms with van der Waals surface area (Å²) in [4.78, 5) is 0. The van der Waals surface area contributed by atoms with Crippen LogP contribution in [0.25, 0.3) is 0 Å². The van der Waals surface area contributed by atoms with Crippen molar-refractivity contribution in [3.63, 3.8) is 0 Å². The molecule has 0 aromatic heterocycles. The molecule has 186 valence electrons. The smallest absolute Gasteiger partial charge is 0.377 e. The van der Waals surface area contributed by atoms with Gasteiger partial charge in [-0.2, -0.15) is 43.2 Å². The summed E-state index contributed by atoms with van der Waals surface area (Å²) in [7, 11) is -14.0. The van der Waals surface area contributed by atoms with Gasteiger partial charge in [0, 0.05) is 0 Å². The fourth-order valence-corrected chi connectivity index (χ4v) is 4.11. The van der Waals surface area contributed by atoms with Crippen molar-refractivity contribution < 1.29 is 51.9 Å². The number of hydrogen-bond acceptors (Lipinski definition) is 5. The molecule has 1 rings (SSSR count). The molecule has 0 heterocycles. The van der Waals surface area contributed by atoms with Crippen LogP contribution in [0, 0.1) is 0 Å². The van der Waals surface area contributed by atoms with Crippen LogP contribution in [0.1, 0.15) is 76.0 Å². The van der Waals surface area contributed by atoms with E-state index in [1.807, 2.05) is 0 Å². The van der Waals surface area contributed by atoms with Gasteiger partial charge in [0.2, 0.25) is 0 Å². The van der Waals surface area contributed by atoms with Crippen LogP contribution in [0.3, 0.4) is 0 Å². The summed E-state index contributed by atoms with van der Waals surface area (Å²) in [5.74, 6) is -9.05. The molecule has 1 N–H and O–H groups in total. The van der Waals surface area contributed by atoms with E-state index in [-0.39, 0.29) is 17.0 Å². The van der Waals surface area contributed by atoms with Gasteiger partial charge < -0.3 is 4.18 Å². The summed E-state index contributed by atoms with van der Waals surface area (Å²) in [6.45, 7) is 9.69. The van der Waals surface area contributed by atoms with Crippen LogP contribution < -0.4 is 4.18 Å². The van der Waals surface area contributed by atoms with E-state index in [0.29, 0.717) is 5.56 Å². The maximum atomic E-state index is 14.2. The number of halogens is 6. The Morgan fingerprint density at radius 1 is 0.750 bits per heavy atom. The van der Waals surface area contributed by atoms with Crippen LogP contribution in [0.5, 0.6) is 5.75 Å². The standard InChI is InChI=1S/C18H24F6O6S2/c1-9(2)12-7-13(10(3)4)15(14(8-12)11(5)6)30-32(28,29)18(23,24)16(19,20)17(21,22)31(25,26)27/h7-11H,1-6H3,(H,25,26,27). The molecule has 0 saturated heterocycles. The first-order chi connectivity index (χ1) is 14.0. The molecule has 0 spiro atoms. The van der Waals surface area contributed by atoms with Crippen molar-refractivity contribution >= 4 is 20.2 Å². The maximum Gasteiger partial charge on any atom is 0.450 e. The first kappa shape index (κ1) is 28.5. The third-order valence-corrected chi connectivity index (χ3v) is 6.82. The highest BCUT2D eigenvalue weighted by Gasteiger charge is 2.83. The fourth-order valence-electron chi connectivity index (χ4n) is 2.64. The minimum absolute atomic E-state index is 0.0316. The summed E-state index contributed by atoms with van der Waals surface area (Å²) in [5.41, 5.74) is 0.713. The summed E-state index contributed by atoms with van der Waals surface area (Å²) < 4.78 is 141. The highest BCUT2D eigenvalue weighted by molar-refractivity contribution is 7.88. The van der Waals surface area contributed by atoms with E-state index < -0.39 is 54.3 Å². The summed E-state index contributed by atoms with van der Waals surface area (Å²) in [6.07, 6.45) is 0. The topological polar surface area (TPSA) is 97.7 Å². The minimum Gasteiger partial charge on any atom is -0.377 e. The molecule has 1 aromatic carbocycles. The van der Waals surface area contributed by atoms with E-state index in [2.05, 4.69) is 4.18 Å². The second-order valence-electron chi connectivity index (χ2n) is 8.11. The van der Waals surface area contributed by atoms with Crippen molar-refractivity contribution in [1.29, 1.82) is 0 Å². The second kappa shape index (κ2) is 8.67. The third kappa shape index (κ3) is 4.72. The number of alkyl halides is 6. The largest absolute Gasteiger partial charge is 0.450 e. The quantitative estimate of drug-likeness (QED) is 0.267. The van der Waals surface area contributed by atoms with E-state index >= 15 is 0 Å². The van der Waals surface area contributed by atoms with Crippen molar-refractivity contribution in [3.05, 3.63) is 28.8 Å². The van der Waals surface area contributed by atoms with Crippen molar-refractivity contribution in [2.45, 2.75) is 75.7 Å². The Labute approximate surface area is 182 Å². The zero-order valence-corrected chi connectivity index (χ0v) is 19.6. The fraction of sp³-hybridized carbons (Fsp3) is 0.667. The molecule has 0 bridgehead atoms. The van der Waals surface area contributed by atoms with Gasteiger partial charge in [-0.15, -0.1) is 0 Å². The van der Waals surface area contributed by atoms with Gasteiger partial charge in [0.1, 0.15) is 5.75 Å². The molecule has 1 aromatic rings. The third-order valence-electron chi connectivity index (χ3n) is 4.64. The molecule has 0 amide bonds. The van der Waals surface area contributed by atoms with Gasteiger partial charge in [-0.1, -0.05) is 53.7 Å². The van der Waals surface area contributed by atoms with Crippen LogP contribution in [0.2, 0.25) is 0 Å². The van der Waals surface area contributed by atoms with E-state index in [4.69, 9.17) is 4.55 Å². The average molecular weight is 515 g/mol. The van der Waals surface area contributed by atoms with Crippen molar-refractivity contribution in [2.75, 3.05) is 0 Å². The van der Waals surface area contributed by atoms with Crippen molar-refractivity contribution in [3.8, 4) is 5.75 Å². The Morgan fingerprint density at radius 3 is 1.41 bits per heavy atom. The van der Waals surface area contributed by atoms with Gasteiger partial charge in [0.05, 0.1) is 0 Å². The van der Waals surface area contributed by atoms with Gasteiger partial charge in [-0.25, -0.2) is 0 Å². The first-order valence-corrected chi connectivity index (χ1v) is 12.1. The molecule has 14 heteroatoms. The molecular formula is C18H24F6O6S2. The lowest BCUT2D eigenvalue weighted by atomic mass is 9.88. The zero-order valence-electron chi connectivity index (χ0n) is 18.0. The van der Waals surface area contributed by atoms with Crippen LogP contribution in [0.4, 0.5) is 26.3 Å². The molecule has 0 saturated carbocycles. The van der Waals surface area contributed by atoms with Crippen LogP contribution in [-0.4, -0.2) is 37.8 Å². The molecular weight excluding hydrogens is 490 g/mol. The average Bonchev–Trinajstić information content (AvgIpc) is 2.59. The number of benzene rings is 1. The van der Waals surface area contributed by atoms with E-state index in [1.54, 1.807) is 13.8 Å². The van der Waals surface area contributed by atoms with Crippen LogP contribution in [0.15, 0.2) is 12.1 Å². The lowest BCUT2D eigenvalue weighted by molar-refractivity contribution is -0.247. The van der Waals surface area contributed by atoms with E-state index in [1.165, 1.54) is 39.8 Å². The molecule has 32 heavy (non-hydrogen) atoms. The molecule has 6 nitrogen and oxygen atoms in total. The highest BCUT2D eigenvalue weighted by Crippen LogP contribution is 2.51. The number of rotatable bonds is 9. The Bertz CT molecular complexity index is 1030. The van der Waals surface area contributed by atoms with Gasteiger partial charge in [0.15, 0.2) is 0 Å². The van der Waals surface area contributed by atoms with Crippen molar-refractivity contribution in [1.82, 2.24) is 0 Å². The summed E-state index contributed by atoms with van der Waals surface area (Å²) >= 11 is 0. The van der Waals surface area contributed by atoms with Gasteiger partial charge in [-0.3, -0.25) is 4.55 Å². The Morgan fingerprint density at radius 2 is 1.12 bits per heavy atom. The predicted molar refractivity (Wildman–Crippen MR) is 105 cm³/mol. The molecule has 0 atom stereocenters. The van der Waals surface area contributed by atoms with Gasteiger partial charge in [0.25, 0.3) is 0 Å². The van der Waals surface area contributed by atoms with Gasteiger partial charge >= 0.3 is 36.7 Å². The molecule has 0 unspecified atom stereocenters. The summed E-state index contributed by atoms with van der Waals surface area (Å²) in [5, 5.41) is -13.6. The van der Waals surface area contributed by atoms with Crippen LogP contribution >= 0.6 is 0 Å². The zero-order chi connectivity index (χ0) is 25.7. The molecule has 0 radical (unpaired) electrons. The second-order valence-corrected chi connectivity index (χ2v) is 11.2. The highest BCUT2D eigenvalue weighted by atomic mass is 32.2. The molecule has 0 fully saturated rings. The molecule has 0 aliphatic rings. The predicted octanol–water partition coefficient (Wildman–Crippen LogP) is 5.47. The maximum absolute atomic E-state index is 14.2. The Hall–Kier alpha value is -1.54. The Balaban J connectivity index is 3.80. The minimum atomic E-state index is -7.12. The number of hydrogen-bond donors (Lipinski definition) is 1. The molecule has 0 aliphatic carbocycles. The van der Waals surface area contributed by atoms with E-state index in [0.717, 1.165) is 0 Å². The normalized spacial score (nSPS) is 14.5. The van der Waals surface area contributed by atoms with Gasteiger partial charge in [-0.05, 0) is 34.4 Å². The molecule has 0 aliphatic heterocycles. The lowest BCUT2D eigenvalue weighted by Crippen LogP contribution is -2.61. The Kier molecular flexibility index (Phi) is 7.72. The lowest BCUT2D eigenvalue weighted by Gasteiger charge is -2.30. The SMILES string of the molecule is CC(C)c1cc(C(C)C)c(OS(=O)(=O)C(F)(F)C(F)(F)C(F)(F)S(=O)(=O)O)c(C(C)C)c1. The monoisotopic (exact) mass is 514 g/mol. The summed E-state index contributed by atoms with van der Waals surface area (Å²) in [6, 6.07) is 2.82. The van der Waals surface area contributed by atoms with Crippen LogP contribution in [-0.2, 0) is 20.2 Å². The van der Waals surface area contributed by atoms with E-state index in [9.17, 15) is 43.2 Å².